The number of nitrogens with zero attached hydrogens (tertiary/aromatic N) is 3. The van der Waals surface area contributed by atoms with Crippen LogP contribution < -0.4 is 0 Å². The molecule has 1 aromatic carbocycles. The first-order valence-electron chi connectivity index (χ1n) is 7.29. The highest BCUT2D eigenvalue weighted by molar-refractivity contribution is 8.11. The van der Waals surface area contributed by atoms with E-state index < -0.39 is 27.7 Å². The Morgan fingerprint density at radius 1 is 1.11 bits per heavy atom. The van der Waals surface area contributed by atoms with Crippen LogP contribution in [0.3, 0.4) is 0 Å². The minimum atomic E-state index is -4.64. The van der Waals surface area contributed by atoms with Crippen molar-refractivity contribution in [3.05, 3.63) is 58.5 Å². The van der Waals surface area contributed by atoms with Gasteiger partial charge < -0.3 is 4.57 Å². The Morgan fingerprint density at radius 2 is 1.67 bits per heavy atom. The Hall–Kier alpha value is -1.84. The van der Waals surface area contributed by atoms with E-state index in [9.17, 15) is 21.4 Å². The molecule has 0 saturated heterocycles. The van der Waals surface area contributed by atoms with Gasteiger partial charge in [0.2, 0.25) is 0 Å². The van der Waals surface area contributed by atoms with Crippen molar-refractivity contribution in [2.24, 2.45) is 0 Å². The molecule has 0 bridgehead atoms. The van der Waals surface area contributed by atoms with Gasteiger partial charge in [-0.25, -0.2) is 9.07 Å². The van der Waals surface area contributed by atoms with Crippen LogP contribution in [-0.2, 0) is 6.18 Å². The van der Waals surface area contributed by atoms with Crippen LogP contribution in [0, 0.1) is 0 Å². The summed E-state index contributed by atoms with van der Waals surface area (Å²) < 4.78 is 69.2. The van der Waals surface area contributed by atoms with Gasteiger partial charge in [0.15, 0.2) is 10.9 Å². The van der Waals surface area contributed by atoms with Gasteiger partial charge in [-0.1, -0.05) is 23.2 Å². The lowest BCUT2D eigenvalue weighted by Gasteiger charge is -2.15. The minimum absolute atomic E-state index is 0.0743. The van der Waals surface area contributed by atoms with Gasteiger partial charge in [0, 0.05) is 12.4 Å². The second-order valence-corrected chi connectivity index (χ2v) is 7.68. The fourth-order valence-corrected chi connectivity index (χ4v) is 3.85. The first kappa shape index (κ1) is 19.9. The molecule has 27 heavy (non-hydrogen) atoms. The molecule has 2 heterocycles. The molecule has 0 N–H and O–H groups in total. The van der Waals surface area contributed by atoms with E-state index in [1.807, 2.05) is 0 Å². The lowest BCUT2D eigenvalue weighted by Crippen LogP contribution is -2.09. The summed E-state index contributed by atoms with van der Waals surface area (Å²) in [6, 6.07) is 4.68. The van der Waals surface area contributed by atoms with E-state index in [2.05, 4.69) is 5.10 Å². The minimum Gasteiger partial charge on any atom is -0.308 e. The summed E-state index contributed by atoms with van der Waals surface area (Å²) in [6.45, 7) is 0.984. The summed E-state index contributed by atoms with van der Waals surface area (Å²) in [4.78, 5) is -0.0989. The third-order valence-corrected chi connectivity index (χ3v) is 5.30. The van der Waals surface area contributed by atoms with Gasteiger partial charge in [-0.05, 0) is 31.2 Å². The molecule has 0 aliphatic rings. The Balaban J connectivity index is 2.30. The quantitative estimate of drug-likeness (QED) is 0.254. The number of hydrogen-bond donors (Lipinski definition) is 0. The molecule has 0 spiro atoms. The number of aromatic nitrogens is 3. The van der Waals surface area contributed by atoms with Crippen LogP contribution in [0.15, 0.2) is 47.8 Å². The largest absolute Gasteiger partial charge is 0.416 e. The normalized spacial score (nSPS) is 13.7. The summed E-state index contributed by atoms with van der Waals surface area (Å²) >= 11 is 12.1. The zero-order chi connectivity index (χ0) is 19.9. The monoisotopic (exact) mass is 441 g/mol. The standard InChI is InChI=1S/C16H10Cl2F5N3S/c1-9(19)27(23)13-8-24-26(15(13)25-4-2-3-5-25)14-11(17)6-10(7-12(14)18)16(20,21)22/h2-8H,1H3. The molecule has 0 saturated carbocycles. The van der Waals surface area contributed by atoms with Crippen molar-refractivity contribution in [3.8, 4) is 11.5 Å². The first-order valence-corrected chi connectivity index (χ1v) is 9.17. The molecule has 0 aliphatic carbocycles. The van der Waals surface area contributed by atoms with Gasteiger partial charge in [0.1, 0.15) is 5.69 Å². The van der Waals surface area contributed by atoms with Gasteiger partial charge in [-0.3, -0.25) is 0 Å². The van der Waals surface area contributed by atoms with Crippen molar-refractivity contribution in [2.75, 3.05) is 0 Å². The van der Waals surface area contributed by atoms with E-state index in [1.54, 1.807) is 24.5 Å². The van der Waals surface area contributed by atoms with E-state index in [-0.39, 0.29) is 26.4 Å². The number of rotatable bonds is 3. The Bertz CT molecular complexity index is 998. The summed E-state index contributed by atoms with van der Waals surface area (Å²) in [7, 11) is -2.39. The zero-order valence-electron chi connectivity index (χ0n) is 13.4. The van der Waals surface area contributed by atoms with E-state index in [4.69, 9.17) is 23.2 Å². The highest BCUT2D eigenvalue weighted by atomic mass is 35.5. The van der Waals surface area contributed by atoms with E-state index in [0.29, 0.717) is 12.1 Å². The fraction of sp³-hybridized carbons (Fsp3) is 0.125. The van der Waals surface area contributed by atoms with Crippen LogP contribution in [0.25, 0.3) is 11.5 Å². The second kappa shape index (κ2) is 7.29. The summed E-state index contributed by atoms with van der Waals surface area (Å²) in [5.74, 6) is 0.0754. The SMILES string of the molecule is C/C(F)=S(\F)c1cnn(-c2c(Cl)cc(C(F)(F)F)cc2Cl)c1-n1cccc1. The Kier molecular flexibility index (Phi) is 5.38. The van der Waals surface area contributed by atoms with Gasteiger partial charge in [0.25, 0.3) is 0 Å². The molecule has 0 fully saturated rings. The maximum absolute atomic E-state index is 14.4. The molecule has 3 aromatic rings. The van der Waals surface area contributed by atoms with Crippen molar-refractivity contribution >= 4 is 39.2 Å². The Labute approximate surface area is 163 Å². The summed E-state index contributed by atoms with van der Waals surface area (Å²) in [5.41, 5.74) is -1.11. The van der Waals surface area contributed by atoms with Gasteiger partial charge in [0.05, 0.1) is 37.6 Å². The van der Waals surface area contributed by atoms with Crippen molar-refractivity contribution in [1.29, 1.82) is 0 Å². The summed E-state index contributed by atoms with van der Waals surface area (Å²) in [6.07, 6.45) is -0.455. The number of benzene rings is 1. The van der Waals surface area contributed by atoms with Crippen LogP contribution in [0.2, 0.25) is 10.0 Å². The van der Waals surface area contributed by atoms with Gasteiger partial charge in [-0.15, -0.1) is 0 Å². The van der Waals surface area contributed by atoms with Gasteiger partial charge >= 0.3 is 6.18 Å². The van der Waals surface area contributed by atoms with Crippen LogP contribution in [0.5, 0.6) is 0 Å². The van der Waals surface area contributed by atoms with Crippen molar-refractivity contribution in [1.82, 2.24) is 14.3 Å². The van der Waals surface area contributed by atoms with Crippen molar-refractivity contribution in [3.63, 3.8) is 0 Å². The topological polar surface area (TPSA) is 22.8 Å². The van der Waals surface area contributed by atoms with Crippen molar-refractivity contribution < 1.29 is 21.4 Å². The lowest BCUT2D eigenvalue weighted by molar-refractivity contribution is -0.137. The molecule has 0 radical (unpaired) electrons. The molecule has 3 nitrogen and oxygen atoms in total. The molecule has 2 aromatic heterocycles. The van der Waals surface area contributed by atoms with Crippen LogP contribution in [-0.4, -0.2) is 19.5 Å². The predicted octanol–water partition coefficient (Wildman–Crippen LogP) is 6.62. The van der Waals surface area contributed by atoms with E-state index >= 15 is 0 Å². The molecule has 0 aliphatic heterocycles. The second-order valence-electron chi connectivity index (χ2n) is 5.35. The average molecular weight is 442 g/mol. The number of halogens is 7. The fourth-order valence-electron chi connectivity index (χ4n) is 2.41. The molecular formula is C16H10Cl2F5N3S. The average Bonchev–Trinajstić information content (AvgIpc) is 3.21. The smallest absolute Gasteiger partial charge is 0.308 e. The molecule has 144 valence electrons. The summed E-state index contributed by atoms with van der Waals surface area (Å²) in [5, 5.41) is 2.36. The van der Waals surface area contributed by atoms with Crippen molar-refractivity contribution in [2.45, 2.75) is 18.0 Å². The molecule has 3 rings (SSSR count). The maximum atomic E-state index is 14.4. The predicted molar refractivity (Wildman–Crippen MR) is 96.7 cm³/mol. The van der Waals surface area contributed by atoms with Gasteiger partial charge in [-0.2, -0.15) is 22.2 Å². The highest BCUT2D eigenvalue weighted by Gasteiger charge is 2.33. The molecule has 11 heteroatoms. The van der Waals surface area contributed by atoms with E-state index in [1.165, 1.54) is 4.57 Å². The third kappa shape index (κ3) is 3.76. The van der Waals surface area contributed by atoms with Crippen LogP contribution in [0.1, 0.15) is 12.5 Å². The maximum Gasteiger partial charge on any atom is 0.416 e. The highest BCUT2D eigenvalue weighted by Crippen LogP contribution is 2.41. The Morgan fingerprint density at radius 3 is 2.15 bits per heavy atom. The molecule has 1 unspecified atom stereocenters. The number of hydrogen-bond acceptors (Lipinski definition) is 1. The lowest BCUT2D eigenvalue weighted by atomic mass is 10.2. The molecular weight excluding hydrogens is 432 g/mol. The van der Waals surface area contributed by atoms with Crippen LogP contribution in [0.4, 0.5) is 21.4 Å². The van der Waals surface area contributed by atoms with E-state index in [0.717, 1.165) is 17.8 Å². The zero-order valence-corrected chi connectivity index (χ0v) is 15.8. The third-order valence-electron chi connectivity index (χ3n) is 3.56. The number of alkyl halides is 3. The molecule has 1 atom stereocenters. The van der Waals surface area contributed by atoms with Crippen LogP contribution >= 0.6 is 34.1 Å². The molecule has 0 amide bonds. The first-order chi connectivity index (χ1) is 12.6.